The third kappa shape index (κ3) is 3.10. The van der Waals surface area contributed by atoms with Gasteiger partial charge in [0.25, 0.3) is 0 Å². The summed E-state index contributed by atoms with van der Waals surface area (Å²) < 4.78 is 43.3. The molecule has 2 heterocycles. The highest BCUT2D eigenvalue weighted by Crippen LogP contribution is 2.34. The van der Waals surface area contributed by atoms with Crippen LogP contribution in [0.3, 0.4) is 0 Å². The Balaban J connectivity index is 1.91. The molecule has 18 heavy (non-hydrogen) atoms. The molecule has 7 heteroatoms. The lowest BCUT2D eigenvalue weighted by Crippen LogP contribution is -2.43. The van der Waals surface area contributed by atoms with Crippen molar-refractivity contribution in [2.24, 2.45) is 5.92 Å². The molecule has 104 valence electrons. The van der Waals surface area contributed by atoms with Gasteiger partial charge in [-0.3, -0.25) is 0 Å². The van der Waals surface area contributed by atoms with Crippen molar-refractivity contribution in [3.05, 3.63) is 11.8 Å². The van der Waals surface area contributed by atoms with Gasteiger partial charge in [-0.15, -0.1) is 0 Å². The minimum absolute atomic E-state index is 0.237. The van der Waals surface area contributed by atoms with E-state index in [1.54, 1.807) is 6.20 Å². The van der Waals surface area contributed by atoms with Gasteiger partial charge in [0.05, 0.1) is 12.0 Å². The van der Waals surface area contributed by atoms with E-state index in [9.17, 15) is 13.2 Å². The summed E-state index contributed by atoms with van der Waals surface area (Å²) in [6.07, 6.45) is -2.44. The maximum absolute atomic E-state index is 12.6. The SMILES string of the molecule is CC(C1CC(C2CNCC(Cl)O2)=CN1)C(F)(F)F. The van der Waals surface area contributed by atoms with Gasteiger partial charge in [-0.25, -0.2) is 0 Å². The minimum Gasteiger partial charge on any atom is -0.387 e. The van der Waals surface area contributed by atoms with Gasteiger partial charge in [-0.2, -0.15) is 13.2 Å². The highest BCUT2D eigenvalue weighted by atomic mass is 35.5. The molecule has 1 fully saturated rings. The van der Waals surface area contributed by atoms with E-state index in [-0.39, 0.29) is 6.10 Å². The zero-order chi connectivity index (χ0) is 13.3. The molecule has 2 aliphatic heterocycles. The van der Waals surface area contributed by atoms with E-state index in [0.717, 1.165) is 5.57 Å². The summed E-state index contributed by atoms with van der Waals surface area (Å²) in [6, 6.07) is -0.612. The van der Waals surface area contributed by atoms with Gasteiger partial charge < -0.3 is 15.4 Å². The number of alkyl halides is 4. The van der Waals surface area contributed by atoms with Crippen LogP contribution in [0.5, 0.6) is 0 Å². The van der Waals surface area contributed by atoms with Gasteiger partial charge in [-0.05, 0) is 18.2 Å². The largest absolute Gasteiger partial charge is 0.393 e. The quantitative estimate of drug-likeness (QED) is 0.761. The van der Waals surface area contributed by atoms with Crippen LogP contribution >= 0.6 is 11.6 Å². The Kier molecular flexibility index (Phi) is 4.08. The molecule has 0 aromatic rings. The molecule has 0 radical (unpaired) electrons. The normalized spacial score (nSPS) is 34.9. The van der Waals surface area contributed by atoms with Gasteiger partial charge in [0.2, 0.25) is 0 Å². The summed E-state index contributed by atoms with van der Waals surface area (Å²) in [5.41, 5.74) is 0.415. The van der Waals surface area contributed by atoms with Crippen molar-refractivity contribution < 1.29 is 17.9 Å². The second-order valence-electron chi connectivity index (χ2n) is 4.72. The van der Waals surface area contributed by atoms with Crippen molar-refractivity contribution in [2.45, 2.75) is 37.2 Å². The van der Waals surface area contributed by atoms with Crippen LogP contribution in [-0.2, 0) is 4.74 Å². The van der Waals surface area contributed by atoms with Crippen molar-refractivity contribution in [3.63, 3.8) is 0 Å². The van der Waals surface area contributed by atoms with Crippen LogP contribution in [0.1, 0.15) is 13.3 Å². The summed E-state index contributed by atoms with van der Waals surface area (Å²) in [7, 11) is 0. The van der Waals surface area contributed by atoms with Gasteiger partial charge in [0.15, 0.2) is 0 Å². The topological polar surface area (TPSA) is 33.3 Å². The highest BCUT2D eigenvalue weighted by Gasteiger charge is 2.43. The number of nitrogens with one attached hydrogen (secondary N) is 2. The molecule has 3 nitrogen and oxygen atoms in total. The Morgan fingerprint density at radius 3 is 2.78 bits per heavy atom. The molecule has 0 saturated carbocycles. The fraction of sp³-hybridized carbons (Fsp3) is 0.818. The van der Waals surface area contributed by atoms with Crippen LogP contribution in [0.25, 0.3) is 0 Å². The van der Waals surface area contributed by atoms with Crippen LogP contribution in [0.4, 0.5) is 13.2 Å². The first-order valence-corrected chi connectivity index (χ1v) is 6.33. The lowest BCUT2D eigenvalue weighted by Gasteiger charge is -2.29. The van der Waals surface area contributed by atoms with Gasteiger partial charge in [-0.1, -0.05) is 18.5 Å². The predicted octanol–water partition coefficient (Wildman–Crippen LogP) is 1.98. The second kappa shape index (κ2) is 5.27. The molecule has 2 rings (SSSR count). The smallest absolute Gasteiger partial charge is 0.387 e. The average molecular weight is 285 g/mol. The van der Waals surface area contributed by atoms with Crippen LogP contribution in [0.15, 0.2) is 11.8 Å². The third-order valence-corrected chi connectivity index (χ3v) is 3.68. The van der Waals surface area contributed by atoms with Crippen LogP contribution in [-0.4, -0.2) is 37.0 Å². The Labute approximate surface area is 109 Å². The zero-order valence-corrected chi connectivity index (χ0v) is 10.7. The van der Waals surface area contributed by atoms with Crippen molar-refractivity contribution in [1.82, 2.24) is 10.6 Å². The molecule has 1 saturated heterocycles. The standard InChI is InChI=1S/C11H16ClF3N2O/c1-6(11(13,14)15)8-2-7(3-17-8)9-4-16-5-10(12)18-9/h3,6,8-10,16-17H,2,4-5H2,1H3. The zero-order valence-electron chi connectivity index (χ0n) is 9.93. The van der Waals surface area contributed by atoms with E-state index in [1.165, 1.54) is 6.92 Å². The summed E-state index contributed by atoms with van der Waals surface area (Å²) in [5, 5.41) is 5.88. The number of hydrogen-bond donors (Lipinski definition) is 2. The van der Waals surface area contributed by atoms with Crippen molar-refractivity contribution in [1.29, 1.82) is 0 Å². The van der Waals surface area contributed by atoms with E-state index in [0.29, 0.717) is 19.5 Å². The molecule has 2 aliphatic rings. The average Bonchev–Trinajstić information content (AvgIpc) is 2.75. The summed E-state index contributed by atoms with van der Waals surface area (Å²) >= 11 is 5.85. The molecule has 0 aliphatic carbocycles. The van der Waals surface area contributed by atoms with E-state index in [2.05, 4.69) is 10.6 Å². The van der Waals surface area contributed by atoms with E-state index in [1.807, 2.05) is 0 Å². The minimum atomic E-state index is -4.18. The molecular formula is C11H16ClF3N2O. The van der Waals surface area contributed by atoms with Crippen LogP contribution in [0.2, 0.25) is 0 Å². The maximum atomic E-state index is 12.6. The van der Waals surface area contributed by atoms with Crippen molar-refractivity contribution >= 4 is 11.6 Å². The fourth-order valence-electron chi connectivity index (χ4n) is 2.18. The first-order valence-electron chi connectivity index (χ1n) is 5.90. The third-order valence-electron chi connectivity index (χ3n) is 3.42. The number of morpholine rings is 1. The molecule has 0 spiro atoms. The molecular weight excluding hydrogens is 269 g/mol. The Hall–Kier alpha value is -0.460. The number of ether oxygens (including phenoxy) is 1. The fourth-order valence-corrected chi connectivity index (χ4v) is 2.41. The molecule has 2 N–H and O–H groups in total. The summed E-state index contributed by atoms with van der Waals surface area (Å²) in [4.78, 5) is 0. The van der Waals surface area contributed by atoms with Crippen molar-refractivity contribution in [3.8, 4) is 0 Å². The number of hydrogen-bond acceptors (Lipinski definition) is 3. The summed E-state index contributed by atoms with van der Waals surface area (Å²) in [6.45, 7) is 2.34. The van der Waals surface area contributed by atoms with Crippen LogP contribution < -0.4 is 10.6 Å². The Morgan fingerprint density at radius 2 is 2.17 bits per heavy atom. The Bertz CT molecular complexity index is 335. The van der Waals surface area contributed by atoms with Gasteiger partial charge in [0, 0.05) is 19.1 Å². The highest BCUT2D eigenvalue weighted by molar-refractivity contribution is 6.19. The molecule has 0 amide bonds. The van der Waals surface area contributed by atoms with E-state index in [4.69, 9.17) is 16.3 Å². The summed E-state index contributed by atoms with van der Waals surface area (Å²) in [5.74, 6) is -1.38. The number of rotatable bonds is 2. The first kappa shape index (κ1) is 14.0. The van der Waals surface area contributed by atoms with E-state index >= 15 is 0 Å². The lowest BCUT2D eigenvalue weighted by molar-refractivity contribution is -0.175. The molecule has 0 bridgehead atoms. The Morgan fingerprint density at radius 1 is 1.44 bits per heavy atom. The molecule has 4 unspecified atom stereocenters. The van der Waals surface area contributed by atoms with Gasteiger partial charge in [0.1, 0.15) is 5.56 Å². The van der Waals surface area contributed by atoms with E-state index < -0.39 is 23.7 Å². The van der Waals surface area contributed by atoms with Crippen molar-refractivity contribution in [2.75, 3.05) is 13.1 Å². The monoisotopic (exact) mass is 284 g/mol. The molecule has 4 atom stereocenters. The first-order chi connectivity index (χ1) is 8.38. The van der Waals surface area contributed by atoms with Gasteiger partial charge >= 0.3 is 6.18 Å². The lowest BCUT2D eigenvalue weighted by atomic mass is 9.95. The molecule has 0 aromatic carbocycles. The predicted molar refractivity (Wildman–Crippen MR) is 62.2 cm³/mol. The second-order valence-corrected chi connectivity index (χ2v) is 5.21. The molecule has 0 aromatic heterocycles. The van der Waals surface area contributed by atoms with Crippen LogP contribution in [0, 0.1) is 5.92 Å². The maximum Gasteiger partial charge on any atom is 0.393 e. The number of halogens is 4.